The molecule has 0 saturated carbocycles. The largest absolute Gasteiger partial charge is 0.396 e. The normalized spacial score (nSPS) is 10.5. The van der Waals surface area contributed by atoms with Crippen molar-refractivity contribution in [3.05, 3.63) is 23.8 Å². The predicted octanol–water partition coefficient (Wildman–Crippen LogP) is 0.297. The molecule has 0 fully saturated rings. The summed E-state index contributed by atoms with van der Waals surface area (Å²) in [4.78, 5) is 12.0. The summed E-state index contributed by atoms with van der Waals surface area (Å²) < 4.78 is 3.12. The van der Waals surface area contributed by atoms with E-state index in [0.29, 0.717) is 17.1 Å². The number of aryl methyl sites for hydroxylation is 2. The van der Waals surface area contributed by atoms with Crippen LogP contribution in [0, 0.1) is 6.92 Å². The molecule has 0 spiro atoms. The van der Waals surface area contributed by atoms with Crippen molar-refractivity contribution in [3.63, 3.8) is 0 Å². The molecule has 0 bridgehead atoms. The number of anilines is 2. The van der Waals surface area contributed by atoms with Crippen molar-refractivity contribution in [2.75, 3.05) is 11.1 Å². The van der Waals surface area contributed by atoms with Crippen molar-refractivity contribution in [3.8, 4) is 0 Å². The van der Waals surface area contributed by atoms with E-state index in [1.54, 1.807) is 17.9 Å². The molecule has 0 aliphatic rings. The molecule has 3 N–H and O–H groups in total. The lowest BCUT2D eigenvalue weighted by atomic mass is 10.3. The minimum absolute atomic E-state index is 0.293. The highest BCUT2D eigenvalue weighted by Gasteiger charge is 2.16. The number of amides is 1. The van der Waals surface area contributed by atoms with Crippen LogP contribution in [0.25, 0.3) is 0 Å². The van der Waals surface area contributed by atoms with Crippen LogP contribution in [0.3, 0.4) is 0 Å². The number of hydrogen-bond acceptors (Lipinski definition) is 4. The summed E-state index contributed by atoms with van der Waals surface area (Å²) in [6, 6.07) is 0. The molecule has 7 heteroatoms. The molecule has 2 heterocycles. The fraction of sp³-hybridized carbons (Fsp3) is 0.300. The Bertz CT molecular complexity index is 548. The van der Waals surface area contributed by atoms with E-state index in [1.807, 2.05) is 14.0 Å². The second-order valence-corrected chi connectivity index (χ2v) is 3.79. The van der Waals surface area contributed by atoms with Crippen molar-refractivity contribution < 1.29 is 4.79 Å². The van der Waals surface area contributed by atoms with E-state index in [9.17, 15) is 4.79 Å². The first-order valence-electron chi connectivity index (χ1n) is 5.08. The number of nitrogen functional groups attached to an aromatic ring is 1. The Kier molecular flexibility index (Phi) is 2.58. The van der Waals surface area contributed by atoms with Crippen LogP contribution in [0.1, 0.15) is 16.2 Å². The van der Waals surface area contributed by atoms with Crippen LogP contribution in [-0.2, 0) is 14.1 Å². The molecular formula is C10H14N6O. The minimum Gasteiger partial charge on any atom is -0.396 e. The van der Waals surface area contributed by atoms with Crippen LogP contribution in [0.2, 0.25) is 0 Å². The smallest absolute Gasteiger partial charge is 0.276 e. The number of hydrogen-bond donors (Lipinski definition) is 2. The van der Waals surface area contributed by atoms with Gasteiger partial charge in [-0.25, -0.2) is 0 Å². The average Bonchev–Trinajstić information content (AvgIpc) is 2.76. The number of nitrogens with two attached hydrogens (primary N) is 1. The van der Waals surface area contributed by atoms with Gasteiger partial charge in [-0.05, 0) is 6.92 Å². The van der Waals surface area contributed by atoms with E-state index in [4.69, 9.17) is 5.73 Å². The fourth-order valence-corrected chi connectivity index (χ4v) is 1.54. The Balaban J connectivity index is 2.26. The van der Waals surface area contributed by atoms with Crippen LogP contribution in [-0.4, -0.2) is 25.5 Å². The van der Waals surface area contributed by atoms with Gasteiger partial charge in [-0.2, -0.15) is 10.2 Å². The first-order chi connectivity index (χ1) is 8.00. The molecule has 0 radical (unpaired) electrons. The summed E-state index contributed by atoms with van der Waals surface area (Å²) in [5.74, 6) is -0.293. The quantitative estimate of drug-likeness (QED) is 0.781. The zero-order valence-electron chi connectivity index (χ0n) is 9.93. The van der Waals surface area contributed by atoms with E-state index in [2.05, 4.69) is 15.5 Å². The molecule has 1 amide bonds. The number of nitrogens with zero attached hydrogens (tertiary/aromatic N) is 4. The monoisotopic (exact) mass is 234 g/mol. The van der Waals surface area contributed by atoms with Gasteiger partial charge in [-0.15, -0.1) is 0 Å². The van der Waals surface area contributed by atoms with Gasteiger partial charge < -0.3 is 11.1 Å². The second-order valence-electron chi connectivity index (χ2n) is 3.79. The molecule has 0 aliphatic heterocycles. The van der Waals surface area contributed by atoms with E-state index >= 15 is 0 Å². The van der Waals surface area contributed by atoms with Gasteiger partial charge in [0.2, 0.25) is 0 Å². The number of aromatic nitrogens is 4. The molecule has 0 aliphatic carbocycles. The van der Waals surface area contributed by atoms with E-state index in [-0.39, 0.29) is 5.91 Å². The van der Waals surface area contributed by atoms with Gasteiger partial charge in [0.1, 0.15) is 5.69 Å². The van der Waals surface area contributed by atoms with Gasteiger partial charge in [0.05, 0.1) is 29.5 Å². The van der Waals surface area contributed by atoms with Gasteiger partial charge >= 0.3 is 0 Å². The highest BCUT2D eigenvalue weighted by molar-refractivity contribution is 6.06. The van der Waals surface area contributed by atoms with Crippen molar-refractivity contribution in [2.45, 2.75) is 6.92 Å². The third-order valence-corrected chi connectivity index (χ3v) is 2.67. The zero-order chi connectivity index (χ0) is 12.6. The first-order valence-corrected chi connectivity index (χ1v) is 5.08. The van der Waals surface area contributed by atoms with Gasteiger partial charge in [0.25, 0.3) is 5.91 Å². The lowest BCUT2D eigenvalue weighted by Gasteiger charge is -2.05. The summed E-state index contributed by atoms with van der Waals surface area (Å²) in [5, 5.41) is 10.7. The van der Waals surface area contributed by atoms with Gasteiger partial charge in [0.15, 0.2) is 0 Å². The number of carbonyl (C=O) groups is 1. The molecule has 2 aromatic heterocycles. The Hall–Kier alpha value is -2.31. The zero-order valence-corrected chi connectivity index (χ0v) is 9.93. The van der Waals surface area contributed by atoms with Gasteiger partial charge in [-0.1, -0.05) is 0 Å². The highest BCUT2D eigenvalue weighted by Crippen LogP contribution is 2.16. The lowest BCUT2D eigenvalue weighted by molar-refractivity contribution is 0.101. The lowest BCUT2D eigenvalue weighted by Crippen LogP contribution is -2.18. The standard InChI is InChI=1S/C10H14N6O/c1-6-8(5-13-15(6)2)14-10(17)9-7(11)4-12-16(9)3/h4-5H,11H2,1-3H3,(H,14,17). The van der Waals surface area contributed by atoms with Crippen LogP contribution < -0.4 is 11.1 Å². The maximum Gasteiger partial charge on any atom is 0.276 e. The van der Waals surface area contributed by atoms with Crippen molar-refractivity contribution in [2.24, 2.45) is 14.1 Å². The molecule has 0 unspecified atom stereocenters. The molecule has 2 aromatic rings. The predicted molar refractivity (Wildman–Crippen MR) is 63.5 cm³/mol. The van der Waals surface area contributed by atoms with E-state index < -0.39 is 0 Å². The van der Waals surface area contributed by atoms with Crippen LogP contribution in [0.5, 0.6) is 0 Å². The Morgan fingerprint density at radius 3 is 2.41 bits per heavy atom. The third kappa shape index (κ3) is 1.86. The maximum absolute atomic E-state index is 12.0. The summed E-state index contributed by atoms with van der Waals surface area (Å²) in [7, 11) is 3.48. The summed E-state index contributed by atoms with van der Waals surface area (Å²) in [5.41, 5.74) is 7.91. The molecule has 0 saturated heterocycles. The van der Waals surface area contributed by atoms with Gasteiger partial charge in [-0.3, -0.25) is 14.2 Å². The van der Waals surface area contributed by atoms with Crippen LogP contribution in [0.4, 0.5) is 11.4 Å². The number of carbonyl (C=O) groups excluding carboxylic acids is 1. The molecule has 2 rings (SSSR count). The van der Waals surface area contributed by atoms with Crippen molar-refractivity contribution in [1.82, 2.24) is 19.6 Å². The van der Waals surface area contributed by atoms with Gasteiger partial charge in [0, 0.05) is 14.1 Å². The van der Waals surface area contributed by atoms with Crippen molar-refractivity contribution >= 4 is 17.3 Å². The molecule has 7 nitrogen and oxygen atoms in total. The molecular weight excluding hydrogens is 220 g/mol. The molecule has 90 valence electrons. The van der Waals surface area contributed by atoms with E-state index in [1.165, 1.54) is 10.9 Å². The van der Waals surface area contributed by atoms with Crippen LogP contribution >= 0.6 is 0 Å². The Morgan fingerprint density at radius 2 is 1.94 bits per heavy atom. The average molecular weight is 234 g/mol. The minimum atomic E-state index is -0.293. The fourth-order valence-electron chi connectivity index (χ4n) is 1.54. The number of rotatable bonds is 2. The number of nitrogens with one attached hydrogen (secondary N) is 1. The molecule has 0 atom stereocenters. The molecule has 0 aromatic carbocycles. The Morgan fingerprint density at radius 1 is 1.29 bits per heavy atom. The summed E-state index contributed by atoms with van der Waals surface area (Å²) >= 11 is 0. The maximum atomic E-state index is 12.0. The van der Waals surface area contributed by atoms with Crippen LogP contribution in [0.15, 0.2) is 12.4 Å². The third-order valence-electron chi connectivity index (χ3n) is 2.67. The second kappa shape index (κ2) is 3.93. The Labute approximate surface area is 98.2 Å². The molecule has 17 heavy (non-hydrogen) atoms. The first kappa shape index (κ1) is 11.2. The van der Waals surface area contributed by atoms with Crippen molar-refractivity contribution in [1.29, 1.82) is 0 Å². The van der Waals surface area contributed by atoms with E-state index in [0.717, 1.165) is 5.69 Å². The SMILES string of the molecule is Cc1c(NC(=O)c2c(N)cnn2C)cnn1C. The highest BCUT2D eigenvalue weighted by atomic mass is 16.2. The topological polar surface area (TPSA) is 90.8 Å². The summed E-state index contributed by atoms with van der Waals surface area (Å²) in [6.07, 6.45) is 3.05. The summed E-state index contributed by atoms with van der Waals surface area (Å²) in [6.45, 7) is 1.87.